The highest BCUT2D eigenvalue weighted by Gasteiger charge is 2.36. The molecule has 0 saturated heterocycles. The van der Waals surface area contributed by atoms with E-state index >= 15 is 0 Å². The van der Waals surface area contributed by atoms with Gasteiger partial charge in [-0.15, -0.1) is 0 Å². The minimum atomic E-state index is -0.187. The smallest absolute Gasteiger partial charge is 0.0886 e. The maximum Gasteiger partial charge on any atom is 0.0886 e. The first kappa shape index (κ1) is 31.6. The van der Waals surface area contributed by atoms with Gasteiger partial charge < -0.3 is 0 Å². The lowest BCUT2D eigenvalue weighted by Gasteiger charge is -2.24. The standard InChI is InChI=1S/C53H36N2/c1-53(2)47-24-22-37(40-23-25-50(55-32-40)49-17-9-10-26-54-49)29-43(47)44-30-45-46(31-48(44)53)52(39-21-19-34-12-4-6-14-36(34)28-39)42-16-8-7-15-41(42)51(45)38-20-18-33-11-3-5-13-35(33)27-38/h3-32H,1-2H3. The molecule has 0 atom stereocenters. The second kappa shape index (κ2) is 12.1. The molecule has 1 aliphatic rings. The summed E-state index contributed by atoms with van der Waals surface area (Å²) in [6, 6.07) is 62.5. The first-order valence-corrected chi connectivity index (χ1v) is 19.1. The molecule has 0 N–H and O–H groups in total. The zero-order valence-corrected chi connectivity index (χ0v) is 30.7. The molecule has 2 nitrogen and oxygen atoms in total. The molecule has 0 amide bonds. The largest absolute Gasteiger partial charge is 0.255 e. The van der Waals surface area contributed by atoms with E-state index in [2.05, 4.69) is 170 Å². The average Bonchev–Trinajstić information content (AvgIpc) is 3.46. The topological polar surface area (TPSA) is 25.8 Å². The normalized spacial score (nSPS) is 13.1. The summed E-state index contributed by atoms with van der Waals surface area (Å²) in [6.45, 7) is 4.76. The Morgan fingerprint density at radius 1 is 0.364 bits per heavy atom. The molecule has 0 saturated carbocycles. The number of benzene rings is 8. The molecule has 0 radical (unpaired) electrons. The number of rotatable bonds is 4. The third kappa shape index (κ3) is 4.95. The van der Waals surface area contributed by atoms with Crippen molar-refractivity contribution in [3.05, 3.63) is 193 Å². The van der Waals surface area contributed by atoms with E-state index in [1.54, 1.807) is 0 Å². The molecule has 2 heteroatoms. The van der Waals surface area contributed by atoms with Crippen molar-refractivity contribution in [2.24, 2.45) is 0 Å². The van der Waals surface area contributed by atoms with Crippen molar-refractivity contribution in [2.45, 2.75) is 19.3 Å². The van der Waals surface area contributed by atoms with Gasteiger partial charge in [0.1, 0.15) is 0 Å². The molecular weight excluding hydrogens is 665 g/mol. The summed E-state index contributed by atoms with van der Waals surface area (Å²) in [7, 11) is 0. The van der Waals surface area contributed by atoms with Gasteiger partial charge in [-0.05, 0) is 142 Å². The van der Waals surface area contributed by atoms with Gasteiger partial charge >= 0.3 is 0 Å². The molecule has 55 heavy (non-hydrogen) atoms. The predicted molar refractivity (Wildman–Crippen MR) is 231 cm³/mol. The number of hydrogen-bond donors (Lipinski definition) is 0. The summed E-state index contributed by atoms with van der Waals surface area (Å²) in [5.74, 6) is 0. The van der Waals surface area contributed by atoms with Crippen LogP contribution in [0.1, 0.15) is 25.0 Å². The Morgan fingerprint density at radius 2 is 0.909 bits per heavy atom. The summed E-state index contributed by atoms with van der Waals surface area (Å²) in [4.78, 5) is 9.33. The first-order valence-electron chi connectivity index (χ1n) is 19.1. The second-order valence-electron chi connectivity index (χ2n) is 15.4. The molecule has 258 valence electrons. The van der Waals surface area contributed by atoms with Crippen LogP contribution < -0.4 is 0 Å². The number of nitrogens with zero attached hydrogens (tertiary/aromatic N) is 2. The molecule has 1 aliphatic carbocycles. The molecule has 10 aromatic rings. The van der Waals surface area contributed by atoms with E-state index < -0.39 is 0 Å². The summed E-state index contributed by atoms with van der Waals surface area (Å²) >= 11 is 0. The van der Waals surface area contributed by atoms with Crippen molar-refractivity contribution in [1.82, 2.24) is 9.97 Å². The van der Waals surface area contributed by atoms with Crippen LogP contribution in [0, 0.1) is 0 Å². The zero-order valence-electron chi connectivity index (χ0n) is 30.7. The summed E-state index contributed by atoms with van der Waals surface area (Å²) in [5.41, 5.74) is 14.2. The fourth-order valence-electron chi connectivity index (χ4n) is 9.14. The van der Waals surface area contributed by atoms with E-state index in [0.717, 1.165) is 22.5 Å². The highest BCUT2D eigenvalue weighted by molar-refractivity contribution is 6.23. The highest BCUT2D eigenvalue weighted by atomic mass is 14.8. The van der Waals surface area contributed by atoms with E-state index in [9.17, 15) is 0 Å². The van der Waals surface area contributed by atoms with Crippen molar-refractivity contribution in [1.29, 1.82) is 0 Å². The summed E-state index contributed by atoms with van der Waals surface area (Å²) in [5, 5.41) is 10.1. The third-order valence-electron chi connectivity index (χ3n) is 11.9. The minimum absolute atomic E-state index is 0.187. The maximum atomic E-state index is 4.82. The second-order valence-corrected chi connectivity index (χ2v) is 15.4. The Kier molecular flexibility index (Phi) is 6.93. The van der Waals surface area contributed by atoms with E-state index in [0.29, 0.717) is 0 Å². The maximum absolute atomic E-state index is 4.82. The highest BCUT2D eigenvalue weighted by Crippen LogP contribution is 2.54. The molecule has 2 aromatic heterocycles. The van der Waals surface area contributed by atoms with Crippen LogP contribution in [-0.2, 0) is 5.41 Å². The lowest BCUT2D eigenvalue weighted by Crippen LogP contribution is -2.15. The number of hydrogen-bond acceptors (Lipinski definition) is 2. The molecule has 2 heterocycles. The average molecular weight is 701 g/mol. The van der Waals surface area contributed by atoms with Crippen LogP contribution in [0.2, 0.25) is 0 Å². The minimum Gasteiger partial charge on any atom is -0.255 e. The van der Waals surface area contributed by atoms with Crippen LogP contribution in [0.5, 0.6) is 0 Å². The van der Waals surface area contributed by atoms with Crippen LogP contribution in [0.4, 0.5) is 0 Å². The van der Waals surface area contributed by atoms with Crippen LogP contribution in [0.25, 0.3) is 99.0 Å². The van der Waals surface area contributed by atoms with Gasteiger partial charge in [-0.25, -0.2) is 0 Å². The number of fused-ring (bicyclic) bond motifs is 7. The Balaban J connectivity index is 1.19. The van der Waals surface area contributed by atoms with Crippen molar-refractivity contribution in [3.63, 3.8) is 0 Å². The van der Waals surface area contributed by atoms with Gasteiger partial charge in [0.05, 0.1) is 11.4 Å². The van der Waals surface area contributed by atoms with Crippen molar-refractivity contribution >= 4 is 43.1 Å². The summed E-state index contributed by atoms with van der Waals surface area (Å²) in [6.07, 6.45) is 3.79. The van der Waals surface area contributed by atoms with E-state index in [-0.39, 0.29) is 5.41 Å². The molecular formula is C53H36N2. The van der Waals surface area contributed by atoms with Crippen LogP contribution >= 0.6 is 0 Å². The number of aromatic nitrogens is 2. The van der Waals surface area contributed by atoms with Crippen LogP contribution in [0.15, 0.2) is 182 Å². The molecule has 8 aromatic carbocycles. The van der Waals surface area contributed by atoms with Gasteiger partial charge in [-0.3, -0.25) is 9.97 Å². The first-order chi connectivity index (χ1) is 27.0. The third-order valence-corrected chi connectivity index (χ3v) is 11.9. The van der Waals surface area contributed by atoms with Gasteiger partial charge in [0, 0.05) is 23.4 Å². The van der Waals surface area contributed by atoms with Gasteiger partial charge in [-0.1, -0.05) is 135 Å². The van der Waals surface area contributed by atoms with Crippen LogP contribution in [-0.4, -0.2) is 9.97 Å². The summed E-state index contributed by atoms with van der Waals surface area (Å²) < 4.78 is 0. The van der Waals surface area contributed by atoms with Gasteiger partial charge in [0.2, 0.25) is 0 Å². The monoisotopic (exact) mass is 700 g/mol. The van der Waals surface area contributed by atoms with Crippen molar-refractivity contribution in [3.8, 4) is 55.9 Å². The molecule has 11 rings (SSSR count). The van der Waals surface area contributed by atoms with Gasteiger partial charge in [-0.2, -0.15) is 0 Å². The molecule has 0 bridgehead atoms. The lowest BCUT2D eigenvalue weighted by atomic mass is 9.79. The van der Waals surface area contributed by atoms with E-state index in [1.807, 2.05) is 30.6 Å². The SMILES string of the molecule is CC1(C)c2ccc(-c3ccc(-c4ccccn4)nc3)cc2-c2cc3c(-c4ccc5ccccc5c4)c4ccccc4c(-c4ccc5ccccc5c4)c3cc21. The Labute approximate surface area is 320 Å². The van der Waals surface area contributed by atoms with E-state index in [4.69, 9.17) is 4.98 Å². The molecule has 0 unspecified atom stereocenters. The Hall–Kier alpha value is -6.90. The van der Waals surface area contributed by atoms with Gasteiger partial charge in [0.15, 0.2) is 0 Å². The van der Waals surface area contributed by atoms with Crippen molar-refractivity contribution in [2.75, 3.05) is 0 Å². The Morgan fingerprint density at radius 3 is 1.53 bits per heavy atom. The van der Waals surface area contributed by atoms with E-state index in [1.165, 1.54) is 87.6 Å². The van der Waals surface area contributed by atoms with Gasteiger partial charge in [0.25, 0.3) is 0 Å². The Bertz CT molecular complexity index is 3160. The fourth-order valence-corrected chi connectivity index (χ4v) is 9.14. The zero-order chi connectivity index (χ0) is 36.7. The molecule has 0 fully saturated rings. The predicted octanol–water partition coefficient (Wildman–Crippen LogP) is 14.1. The fraction of sp³-hybridized carbons (Fsp3) is 0.0566. The van der Waals surface area contributed by atoms with Crippen molar-refractivity contribution < 1.29 is 0 Å². The quantitative estimate of drug-likeness (QED) is 0.171. The number of pyridine rings is 2. The molecule has 0 spiro atoms. The van der Waals surface area contributed by atoms with Crippen LogP contribution in [0.3, 0.4) is 0 Å². The molecule has 0 aliphatic heterocycles. The lowest BCUT2D eigenvalue weighted by molar-refractivity contribution is 0.661.